The van der Waals surface area contributed by atoms with Crippen LogP contribution in [-0.4, -0.2) is 15.7 Å². The number of rotatable bonds is 0. The van der Waals surface area contributed by atoms with Crippen LogP contribution in [-0.2, 0) is 0 Å². The fraction of sp³-hybridized carbons (Fsp3) is 0.214. The normalized spacial score (nSPS) is 11.1. The summed E-state index contributed by atoms with van der Waals surface area (Å²) in [5, 5.41) is 10.6. The van der Waals surface area contributed by atoms with Gasteiger partial charge in [-0.1, -0.05) is 30.0 Å². The maximum Gasteiger partial charge on any atom is 0.120 e. The number of pyridine rings is 1. The largest absolute Gasteiger partial charge is 0.378 e. The maximum absolute atomic E-state index is 9.62. The van der Waals surface area contributed by atoms with Crippen LogP contribution in [0.5, 0.6) is 0 Å². The third-order valence-electron chi connectivity index (χ3n) is 2.19. The molecule has 0 aliphatic rings. The highest BCUT2D eigenvalue weighted by molar-refractivity contribution is 9.10. The van der Waals surface area contributed by atoms with Gasteiger partial charge in [0.25, 0.3) is 0 Å². The molecule has 0 bridgehead atoms. The van der Waals surface area contributed by atoms with Crippen molar-refractivity contribution >= 4 is 26.8 Å². The Labute approximate surface area is 109 Å². The summed E-state index contributed by atoms with van der Waals surface area (Å²) in [5.41, 5.74) is 0.767. The first-order valence-corrected chi connectivity index (χ1v) is 6.06. The molecule has 17 heavy (non-hydrogen) atoms. The number of nitrogens with zero attached hydrogens (tertiary/aromatic N) is 1. The second-order valence-corrected chi connectivity index (χ2v) is 5.13. The van der Waals surface area contributed by atoms with Crippen molar-refractivity contribution < 1.29 is 5.11 Å². The lowest BCUT2D eigenvalue weighted by atomic mass is 10.1. The zero-order valence-electron chi connectivity index (χ0n) is 9.66. The summed E-state index contributed by atoms with van der Waals surface area (Å²) < 4.78 is 0.747. The second-order valence-electron chi connectivity index (χ2n) is 4.32. The third kappa shape index (κ3) is 3.06. The molecule has 1 aromatic carbocycles. The standard InChI is InChI=1S/C14H12BrNO/c1-14(2,17)8-7-10-9-13(15)16-12-6-4-3-5-11(10)12/h3-6,9,17H,1-2H3. The molecule has 0 amide bonds. The topological polar surface area (TPSA) is 33.1 Å². The summed E-state index contributed by atoms with van der Waals surface area (Å²) in [6.07, 6.45) is 0. The van der Waals surface area contributed by atoms with E-state index in [0.717, 1.165) is 21.1 Å². The van der Waals surface area contributed by atoms with Crippen LogP contribution >= 0.6 is 15.9 Å². The van der Waals surface area contributed by atoms with Crippen molar-refractivity contribution in [2.75, 3.05) is 0 Å². The van der Waals surface area contributed by atoms with Crippen molar-refractivity contribution in [2.24, 2.45) is 0 Å². The van der Waals surface area contributed by atoms with Gasteiger partial charge in [-0.05, 0) is 41.9 Å². The molecule has 1 N–H and O–H groups in total. The van der Waals surface area contributed by atoms with Gasteiger partial charge in [-0.3, -0.25) is 0 Å². The van der Waals surface area contributed by atoms with Gasteiger partial charge in [0.15, 0.2) is 0 Å². The number of fused-ring (bicyclic) bond motifs is 1. The Morgan fingerprint density at radius 2 is 2.00 bits per heavy atom. The lowest BCUT2D eigenvalue weighted by Gasteiger charge is -2.06. The molecule has 2 nitrogen and oxygen atoms in total. The van der Waals surface area contributed by atoms with E-state index < -0.39 is 5.60 Å². The van der Waals surface area contributed by atoms with E-state index in [9.17, 15) is 5.11 Å². The van der Waals surface area contributed by atoms with Crippen molar-refractivity contribution in [3.63, 3.8) is 0 Å². The van der Waals surface area contributed by atoms with E-state index in [1.165, 1.54) is 0 Å². The maximum atomic E-state index is 9.62. The van der Waals surface area contributed by atoms with Gasteiger partial charge in [0.1, 0.15) is 10.2 Å². The van der Waals surface area contributed by atoms with E-state index in [1.807, 2.05) is 30.3 Å². The van der Waals surface area contributed by atoms with Crippen molar-refractivity contribution in [3.8, 4) is 11.8 Å². The molecule has 86 valence electrons. The van der Waals surface area contributed by atoms with Crippen molar-refractivity contribution in [1.29, 1.82) is 0 Å². The third-order valence-corrected chi connectivity index (χ3v) is 2.59. The first kappa shape index (κ1) is 12.1. The Morgan fingerprint density at radius 1 is 1.29 bits per heavy atom. The molecule has 0 aliphatic carbocycles. The number of para-hydroxylation sites is 1. The Hall–Kier alpha value is -1.37. The van der Waals surface area contributed by atoms with E-state index in [0.29, 0.717) is 0 Å². The molecule has 0 saturated heterocycles. The zero-order valence-corrected chi connectivity index (χ0v) is 11.2. The summed E-state index contributed by atoms with van der Waals surface area (Å²) in [5.74, 6) is 5.81. The Morgan fingerprint density at radius 3 is 2.71 bits per heavy atom. The monoisotopic (exact) mass is 289 g/mol. The Kier molecular flexibility index (Phi) is 3.19. The highest BCUT2D eigenvalue weighted by Gasteiger charge is 2.07. The minimum atomic E-state index is -0.989. The molecule has 0 spiro atoms. The van der Waals surface area contributed by atoms with E-state index in [-0.39, 0.29) is 0 Å². The van der Waals surface area contributed by atoms with Gasteiger partial charge < -0.3 is 5.11 Å². The van der Waals surface area contributed by atoms with Crippen molar-refractivity contribution in [2.45, 2.75) is 19.4 Å². The summed E-state index contributed by atoms with van der Waals surface area (Å²) in [6, 6.07) is 9.67. The van der Waals surface area contributed by atoms with Crippen LogP contribution < -0.4 is 0 Å². The average Bonchev–Trinajstić information content (AvgIpc) is 2.24. The van der Waals surface area contributed by atoms with Gasteiger partial charge in [0.05, 0.1) is 5.52 Å². The van der Waals surface area contributed by atoms with Crippen LogP contribution in [0.15, 0.2) is 34.9 Å². The SMILES string of the molecule is CC(C)(O)C#Cc1cc(Br)nc2ccccc12. The van der Waals surface area contributed by atoms with Crippen LogP contribution in [0.2, 0.25) is 0 Å². The molecule has 0 atom stereocenters. The van der Waals surface area contributed by atoms with E-state index in [2.05, 4.69) is 32.8 Å². The summed E-state index contributed by atoms with van der Waals surface area (Å²) >= 11 is 3.36. The van der Waals surface area contributed by atoms with Crippen LogP contribution in [0.4, 0.5) is 0 Å². The lowest BCUT2D eigenvalue weighted by Crippen LogP contribution is -2.14. The molecule has 2 aromatic rings. The second kappa shape index (κ2) is 4.48. The van der Waals surface area contributed by atoms with Gasteiger partial charge in [-0.25, -0.2) is 4.98 Å². The van der Waals surface area contributed by atoms with E-state index in [4.69, 9.17) is 0 Å². The van der Waals surface area contributed by atoms with Crippen LogP contribution in [0.25, 0.3) is 10.9 Å². The van der Waals surface area contributed by atoms with Crippen LogP contribution in [0.3, 0.4) is 0 Å². The predicted octanol–water partition coefficient (Wildman–Crippen LogP) is 3.12. The van der Waals surface area contributed by atoms with Gasteiger partial charge in [-0.2, -0.15) is 0 Å². The van der Waals surface area contributed by atoms with E-state index >= 15 is 0 Å². The molecular formula is C14H12BrNO. The van der Waals surface area contributed by atoms with Crippen molar-refractivity contribution in [1.82, 2.24) is 4.98 Å². The van der Waals surface area contributed by atoms with Gasteiger partial charge in [0, 0.05) is 10.9 Å². The highest BCUT2D eigenvalue weighted by Crippen LogP contribution is 2.20. The minimum absolute atomic E-state index is 0.747. The number of hydrogen-bond donors (Lipinski definition) is 1. The molecule has 0 fully saturated rings. The molecule has 0 radical (unpaired) electrons. The molecule has 0 saturated carbocycles. The quantitative estimate of drug-likeness (QED) is 0.597. The summed E-state index contributed by atoms with van der Waals surface area (Å²) in [4.78, 5) is 4.37. The smallest absolute Gasteiger partial charge is 0.120 e. The van der Waals surface area contributed by atoms with Gasteiger partial charge in [-0.15, -0.1) is 0 Å². The molecule has 2 rings (SSSR count). The predicted molar refractivity (Wildman–Crippen MR) is 72.6 cm³/mol. The minimum Gasteiger partial charge on any atom is -0.378 e. The van der Waals surface area contributed by atoms with Crippen LogP contribution in [0.1, 0.15) is 19.4 Å². The van der Waals surface area contributed by atoms with Crippen LogP contribution in [0, 0.1) is 11.8 Å². The average molecular weight is 290 g/mol. The van der Waals surface area contributed by atoms with E-state index in [1.54, 1.807) is 13.8 Å². The molecule has 1 heterocycles. The molecule has 3 heteroatoms. The molecule has 0 aliphatic heterocycles. The summed E-state index contributed by atoms with van der Waals surface area (Å²) in [7, 11) is 0. The van der Waals surface area contributed by atoms with Gasteiger partial charge in [0.2, 0.25) is 0 Å². The Balaban J connectivity index is 2.63. The Bertz CT molecular complexity index is 617. The van der Waals surface area contributed by atoms with Gasteiger partial charge >= 0.3 is 0 Å². The number of benzene rings is 1. The number of aromatic nitrogens is 1. The molecular weight excluding hydrogens is 278 g/mol. The molecule has 1 aromatic heterocycles. The van der Waals surface area contributed by atoms with Crippen molar-refractivity contribution in [3.05, 3.63) is 40.5 Å². The fourth-order valence-electron chi connectivity index (χ4n) is 1.47. The first-order valence-electron chi connectivity index (χ1n) is 5.26. The number of aliphatic hydroxyl groups is 1. The summed E-state index contributed by atoms with van der Waals surface area (Å²) in [6.45, 7) is 3.33. The zero-order chi connectivity index (χ0) is 12.5. The fourth-order valence-corrected chi connectivity index (χ4v) is 1.89. The molecule has 0 unspecified atom stereocenters. The number of halogens is 1. The number of hydrogen-bond acceptors (Lipinski definition) is 2. The first-order chi connectivity index (χ1) is 7.96. The lowest BCUT2D eigenvalue weighted by molar-refractivity contribution is 0.143. The highest BCUT2D eigenvalue weighted by atomic mass is 79.9.